The number of fused-ring (bicyclic) bond motifs is 7. The first kappa shape index (κ1) is 53.9. The van der Waals surface area contributed by atoms with Crippen molar-refractivity contribution in [1.82, 2.24) is 34.1 Å². The number of hydrogen-bond acceptors (Lipinski definition) is 5. The Labute approximate surface area is 493 Å². The highest BCUT2D eigenvalue weighted by atomic mass is 15.0. The van der Waals surface area contributed by atoms with Crippen molar-refractivity contribution in [2.75, 3.05) is 0 Å². The Morgan fingerprint density at radius 1 is 0.286 bits per heavy atom. The summed E-state index contributed by atoms with van der Waals surface area (Å²) in [7, 11) is 0. The largest absolute Gasteiger partial charge is 0.309 e. The molecule has 4 aromatic heterocycles. The molecule has 0 aliphatic rings. The first-order chi connectivity index (χ1) is 40.2. The molecule has 0 saturated carbocycles. The highest BCUT2D eigenvalue weighted by Crippen LogP contribution is 2.45. The number of para-hydroxylation sites is 3. The zero-order valence-electron chi connectivity index (χ0n) is 50.3. The smallest absolute Gasteiger partial charge is 0.164 e. The van der Waals surface area contributed by atoms with Gasteiger partial charge in [-0.15, -0.1) is 0 Å². The Hall–Kier alpha value is -9.33. The molecule has 0 amide bonds. The van der Waals surface area contributed by atoms with E-state index in [2.05, 4.69) is 292 Å². The first-order valence-electron chi connectivity index (χ1n) is 29.4. The minimum atomic E-state index is -0.133. The number of benzene rings is 9. The van der Waals surface area contributed by atoms with E-state index in [-0.39, 0.29) is 21.7 Å². The van der Waals surface area contributed by atoms with Crippen LogP contribution in [0.4, 0.5) is 0 Å². The molecule has 0 unspecified atom stereocenters. The molecule has 84 heavy (non-hydrogen) atoms. The highest BCUT2D eigenvalue weighted by Gasteiger charge is 2.28. The molecule has 13 rings (SSSR count). The summed E-state index contributed by atoms with van der Waals surface area (Å²) in [5, 5.41) is 4.70. The molecule has 414 valence electrons. The van der Waals surface area contributed by atoms with Gasteiger partial charge in [0.25, 0.3) is 0 Å². The second-order valence-electron chi connectivity index (χ2n) is 26.7. The van der Waals surface area contributed by atoms with Crippen LogP contribution in [0.25, 0.3) is 123 Å². The number of rotatable bonds is 8. The Balaban J connectivity index is 1.14. The van der Waals surface area contributed by atoms with Gasteiger partial charge >= 0.3 is 0 Å². The molecule has 0 fully saturated rings. The summed E-state index contributed by atoms with van der Waals surface area (Å²) in [6.07, 6.45) is 0. The average molecular weight is 1090 g/mol. The predicted molar refractivity (Wildman–Crippen MR) is 352 cm³/mol. The fourth-order valence-electron chi connectivity index (χ4n) is 11.8. The van der Waals surface area contributed by atoms with Crippen molar-refractivity contribution in [3.63, 3.8) is 0 Å². The summed E-state index contributed by atoms with van der Waals surface area (Å²) in [5.41, 5.74) is 18.0. The third-order valence-electron chi connectivity index (χ3n) is 16.6. The van der Waals surface area contributed by atoms with Gasteiger partial charge in [-0.05, 0) is 123 Å². The standard InChI is InChI=1S/C77H71N7/c1-74(2,3)53-40-51(41-54(45-53)75(4,5)6)71-80-70(81-72(82-71)52-42-55(76(7,8)9)46-56(43-52)77(10,11)12)50-36-38-66(61(44-50)73-78-62(48-26-16-13-17-27-48)47-63(79-73)49-28-18-14-19-29-49)84-65-35-25-23-33-60(65)68-67(84)39-37-59-58-32-22-24-34-64(58)83(69(59)68)57-30-20-15-21-31-57/h13-47H,1-12H3. The van der Waals surface area contributed by atoms with Crippen LogP contribution in [0.15, 0.2) is 212 Å². The van der Waals surface area contributed by atoms with Gasteiger partial charge in [0.2, 0.25) is 0 Å². The van der Waals surface area contributed by atoms with Crippen molar-refractivity contribution < 1.29 is 0 Å². The van der Waals surface area contributed by atoms with Crippen LogP contribution in [0.5, 0.6) is 0 Å². The van der Waals surface area contributed by atoms with Gasteiger partial charge in [0, 0.05) is 60.6 Å². The second-order valence-corrected chi connectivity index (χ2v) is 26.7. The first-order valence-corrected chi connectivity index (χ1v) is 29.4. The van der Waals surface area contributed by atoms with Crippen LogP contribution in [0.2, 0.25) is 0 Å². The molecule has 0 N–H and O–H groups in total. The lowest BCUT2D eigenvalue weighted by molar-refractivity contribution is 0.568. The summed E-state index contributed by atoms with van der Waals surface area (Å²) < 4.78 is 4.85. The van der Waals surface area contributed by atoms with Gasteiger partial charge in [0.15, 0.2) is 23.3 Å². The number of nitrogens with zero attached hydrogens (tertiary/aromatic N) is 7. The molecular formula is C77H71N7. The third kappa shape index (κ3) is 9.85. The fourth-order valence-corrected chi connectivity index (χ4v) is 11.8. The molecule has 0 saturated heterocycles. The SMILES string of the molecule is CC(C)(C)c1cc(-c2nc(-c3cc(C(C)(C)C)cc(C(C)(C)C)c3)nc(-c3ccc(-n4c5ccccc5c5c4ccc4c6ccccc6n(-c6ccccc6)c45)c(-c4nc(-c5ccccc5)cc(-c5ccccc5)n4)c3)n2)cc(C(C)(C)C)c1. The zero-order valence-corrected chi connectivity index (χ0v) is 50.3. The Kier molecular flexibility index (Phi) is 13.0. The van der Waals surface area contributed by atoms with Crippen LogP contribution in [-0.2, 0) is 21.7 Å². The zero-order chi connectivity index (χ0) is 58.5. The van der Waals surface area contributed by atoms with Crippen LogP contribution in [0.1, 0.15) is 105 Å². The maximum Gasteiger partial charge on any atom is 0.164 e. The normalized spacial score (nSPS) is 12.5. The molecule has 4 heterocycles. The highest BCUT2D eigenvalue weighted by molar-refractivity contribution is 6.26. The molecule has 9 aromatic carbocycles. The summed E-state index contributed by atoms with van der Waals surface area (Å²) in [6.45, 7) is 27.3. The van der Waals surface area contributed by atoms with Crippen molar-refractivity contribution in [2.24, 2.45) is 0 Å². The average Bonchev–Trinajstić information content (AvgIpc) is 1.79. The quantitative estimate of drug-likeness (QED) is 0.152. The van der Waals surface area contributed by atoms with Crippen molar-refractivity contribution in [2.45, 2.75) is 105 Å². The van der Waals surface area contributed by atoms with Gasteiger partial charge in [-0.2, -0.15) is 0 Å². The van der Waals surface area contributed by atoms with Gasteiger partial charge < -0.3 is 9.13 Å². The summed E-state index contributed by atoms with van der Waals surface area (Å²) in [5.74, 6) is 2.36. The Morgan fingerprint density at radius 2 is 0.714 bits per heavy atom. The lowest BCUT2D eigenvalue weighted by Gasteiger charge is -2.26. The summed E-state index contributed by atoms with van der Waals surface area (Å²) in [4.78, 5) is 27.8. The fraction of sp³-hybridized carbons (Fsp3) is 0.208. The lowest BCUT2D eigenvalue weighted by Crippen LogP contribution is -2.17. The van der Waals surface area contributed by atoms with Gasteiger partial charge in [-0.3, -0.25) is 0 Å². The maximum absolute atomic E-state index is 5.58. The van der Waals surface area contributed by atoms with E-state index >= 15 is 0 Å². The molecule has 7 heteroatoms. The van der Waals surface area contributed by atoms with Crippen molar-refractivity contribution in [3.8, 4) is 79.4 Å². The Bertz CT molecular complexity index is 4460. The van der Waals surface area contributed by atoms with Crippen molar-refractivity contribution in [3.05, 3.63) is 235 Å². The van der Waals surface area contributed by atoms with Gasteiger partial charge in [-0.25, -0.2) is 24.9 Å². The van der Waals surface area contributed by atoms with Gasteiger partial charge in [0.1, 0.15) is 0 Å². The molecule has 0 aliphatic carbocycles. The van der Waals surface area contributed by atoms with E-state index in [1.165, 1.54) is 33.0 Å². The summed E-state index contributed by atoms with van der Waals surface area (Å²) in [6, 6.07) is 76.3. The molecule has 0 bridgehead atoms. The maximum atomic E-state index is 5.58. The molecule has 0 radical (unpaired) electrons. The van der Waals surface area contributed by atoms with Crippen LogP contribution in [0, 0.1) is 0 Å². The molecule has 0 atom stereocenters. The molecule has 0 aliphatic heterocycles. The van der Waals surface area contributed by atoms with E-state index < -0.39 is 0 Å². The van der Waals surface area contributed by atoms with Crippen LogP contribution in [-0.4, -0.2) is 34.1 Å². The van der Waals surface area contributed by atoms with Crippen LogP contribution >= 0.6 is 0 Å². The van der Waals surface area contributed by atoms with E-state index in [1.54, 1.807) is 0 Å². The van der Waals surface area contributed by atoms with Crippen molar-refractivity contribution in [1.29, 1.82) is 0 Å². The van der Waals surface area contributed by atoms with Gasteiger partial charge in [0.05, 0.1) is 39.1 Å². The number of aromatic nitrogens is 7. The van der Waals surface area contributed by atoms with Gasteiger partial charge in [-0.1, -0.05) is 217 Å². The summed E-state index contributed by atoms with van der Waals surface area (Å²) >= 11 is 0. The molecule has 13 aromatic rings. The Morgan fingerprint density at radius 3 is 1.20 bits per heavy atom. The van der Waals surface area contributed by atoms with Crippen molar-refractivity contribution >= 4 is 43.6 Å². The second kappa shape index (κ2) is 20.2. The van der Waals surface area contributed by atoms with E-state index in [1.807, 2.05) is 12.1 Å². The van der Waals surface area contributed by atoms with E-state index in [9.17, 15) is 0 Å². The monoisotopic (exact) mass is 1090 g/mol. The molecular weight excluding hydrogens is 1020 g/mol. The minimum Gasteiger partial charge on any atom is -0.309 e. The molecule has 0 spiro atoms. The lowest BCUT2D eigenvalue weighted by atomic mass is 9.79. The third-order valence-corrected chi connectivity index (χ3v) is 16.6. The number of hydrogen-bond donors (Lipinski definition) is 0. The van der Waals surface area contributed by atoms with E-state index in [0.29, 0.717) is 23.3 Å². The molecule has 7 nitrogen and oxygen atoms in total. The minimum absolute atomic E-state index is 0.133. The van der Waals surface area contributed by atoms with Crippen LogP contribution < -0.4 is 0 Å². The van der Waals surface area contributed by atoms with E-state index in [4.69, 9.17) is 24.9 Å². The predicted octanol–water partition coefficient (Wildman–Crippen LogP) is 20.0. The topological polar surface area (TPSA) is 74.3 Å². The van der Waals surface area contributed by atoms with E-state index in [0.717, 1.165) is 89.0 Å². The van der Waals surface area contributed by atoms with Crippen LogP contribution in [0.3, 0.4) is 0 Å².